The minimum absolute atomic E-state index is 0.0854. The Balaban J connectivity index is 1.55. The fourth-order valence-electron chi connectivity index (χ4n) is 4.02. The van der Waals surface area contributed by atoms with Crippen LogP contribution >= 0.6 is 34.7 Å². The Bertz CT molecular complexity index is 972. The molecule has 0 aliphatic carbocycles. The van der Waals surface area contributed by atoms with Crippen molar-refractivity contribution >= 4 is 57.6 Å². The lowest BCUT2D eigenvalue weighted by Gasteiger charge is -2.25. The standard InChI is InChI=1S/C19H21ClN4O4S2/c1-28-18(27)23-5-4-19(10-23)11-24(14-3-2-12(20)8-13(14)19)17(26)22-16-21-9-15(30-16)29-7-6-25/h2-3,8-9,25H,4-7,10-11H2,1H3,(H,21,22,26). The zero-order valence-electron chi connectivity index (χ0n) is 16.3. The van der Waals surface area contributed by atoms with E-state index in [2.05, 4.69) is 10.3 Å². The van der Waals surface area contributed by atoms with E-state index < -0.39 is 0 Å². The molecule has 1 saturated heterocycles. The molecule has 2 aliphatic rings. The van der Waals surface area contributed by atoms with Crippen LogP contribution in [0, 0.1) is 0 Å². The maximum absolute atomic E-state index is 13.1. The predicted molar refractivity (Wildman–Crippen MR) is 118 cm³/mol. The van der Waals surface area contributed by atoms with E-state index in [0.717, 1.165) is 21.9 Å². The summed E-state index contributed by atoms with van der Waals surface area (Å²) in [6, 6.07) is 5.22. The molecule has 160 valence electrons. The predicted octanol–water partition coefficient (Wildman–Crippen LogP) is 3.64. The Morgan fingerprint density at radius 1 is 1.43 bits per heavy atom. The van der Waals surface area contributed by atoms with Crippen LogP contribution in [-0.2, 0) is 10.2 Å². The van der Waals surface area contributed by atoms with Gasteiger partial charge in [-0.25, -0.2) is 14.6 Å². The molecule has 1 spiro atoms. The van der Waals surface area contributed by atoms with Crippen molar-refractivity contribution in [3.63, 3.8) is 0 Å². The Morgan fingerprint density at radius 3 is 3.03 bits per heavy atom. The number of methoxy groups -OCH3 is 1. The number of hydrogen-bond acceptors (Lipinski definition) is 7. The number of benzene rings is 1. The summed E-state index contributed by atoms with van der Waals surface area (Å²) in [7, 11) is 1.37. The molecule has 3 heterocycles. The molecule has 8 nitrogen and oxygen atoms in total. The molecular formula is C19H21ClN4O4S2. The molecule has 0 radical (unpaired) electrons. The number of ether oxygens (including phenoxy) is 1. The van der Waals surface area contributed by atoms with Gasteiger partial charge in [0.25, 0.3) is 0 Å². The number of thioether (sulfide) groups is 1. The van der Waals surface area contributed by atoms with Crippen molar-refractivity contribution in [2.24, 2.45) is 0 Å². The Kier molecular flexibility index (Phi) is 6.10. The van der Waals surface area contributed by atoms with Gasteiger partial charge in [-0.15, -0.1) is 11.8 Å². The third-order valence-corrected chi connectivity index (χ3v) is 7.67. The van der Waals surface area contributed by atoms with E-state index in [1.54, 1.807) is 22.1 Å². The van der Waals surface area contributed by atoms with Gasteiger partial charge in [-0.05, 0) is 30.2 Å². The molecule has 0 saturated carbocycles. The van der Waals surface area contributed by atoms with Crippen molar-refractivity contribution < 1.29 is 19.4 Å². The number of carbonyl (C=O) groups is 2. The molecule has 1 aromatic heterocycles. The first kappa shape index (κ1) is 21.2. The van der Waals surface area contributed by atoms with E-state index in [-0.39, 0.29) is 24.1 Å². The summed E-state index contributed by atoms with van der Waals surface area (Å²) >= 11 is 9.11. The molecule has 2 aliphatic heterocycles. The minimum atomic E-state index is -0.378. The van der Waals surface area contributed by atoms with Crippen molar-refractivity contribution in [3.8, 4) is 0 Å². The number of amides is 3. The van der Waals surface area contributed by atoms with Crippen molar-refractivity contribution in [1.82, 2.24) is 9.88 Å². The van der Waals surface area contributed by atoms with Gasteiger partial charge < -0.3 is 14.7 Å². The lowest BCUT2D eigenvalue weighted by Crippen LogP contribution is -2.41. The van der Waals surface area contributed by atoms with Gasteiger partial charge in [0.2, 0.25) is 0 Å². The molecule has 1 fully saturated rings. The Labute approximate surface area is 187 Å². The number of anilines is 2. The third kappa shape index (κ3) is 3.96. The number of halogens is 1. The molecular weight excluding hydrogens is 448 g/mol. The summed E-state index contributed by atoms with van der Waals surface area (Å²) < 4.78 is 5.80. The number of aliphatic hydroxyl groups is 1. The number of likely N-dealkylation sites (tertiary alicyclic amines) is 1. The fraction of sp³-hybridized carbons (Fsp3) is 0.421. The van der Waals surface area contributed by atoms with Crippen molar-refractivity contribution in [1.29, 1.82) is 0 Å². The van der Waals surface area contributed by atoms with Crippen molar-refractivity contribution in [3.05, 3.63) is 35.0 Å². The molecule has 2 N–H and O–H groups in total. The lowest BCUT2D eigenvalue weighted by molar-refractivity contribution is 0.131. The number of rotatable bonds is 4. The second-order valence-corrected chi connectivity index (χ2v) is 10.0. The van der Waals surface area contributed by atoms with Gasteiger partial charge in [-0.3, -0.25) is 10.2 Å². The van der Waals surface area contributed by atoms with E-state index in [1.807, 2.05) is 12.1 Å². The van der Waals surface area contributed by atoms with Crippen LogP contribution < -0.4 is 10.2 Å². The number of hydrogen-bond donors (Lipinski definition) is 2. The molecule has 1 aromatic carbocycles. The maximum atomic E-state index is 13.1. The zero-order chi connectivity index (χ0) is 21.3. The lowest BCUT2D eigenvalue weighted by atomic mass is 9.81. The molecule has 4 rings (SSSR count). The van der Waals surface area contributed by atoms with Crippen LogP contribution in [0.5, 0.6) is 0 Å². The summed E-state index contributed by atoms with van der Waals surface area (Å²) in [4.78, 5) is 32.7. The molecule has 1 atom stereocenters. The second kappa shape index (κ2) is 8.62. The maximum Gasteiger partial charge on any atom is 0.409 e. The zero-order valence-corrected chi connectivity index (χ0v) is 18.6. The number of nitrogens with zero attached hydrogens (tertiary/aromatic N) is 3. The first-order chi connectivity index (χ1) is 14.5. The summed E-state index contributed by atoms with van der Waals surface area (Å²) in [6.45, 7) is 1.56. The normalized spacial score (nSPS) is 20.0. The monoisotopic (exact) mass is 468 g/mol. The van der Waals surface area contributed by atoms with Gasteiger partial charge >= 0.3 is 12.1 Å². The SMILES string of the molecule is COC(=O)N1CCC2(C1)CN(C(=O)Nc1ncc(SCCO)s1)c1ccc(Cl)cc12. The van der Waals surface area contributed by atoms with Crippen LogP contribution in [-0.4, -0.2) is 66.2 Å². The second-order valence-electron chi connectivity index (χ2n) is 7.16. The molecule has 1 unspecified atom stereocenters. The van der Waals surface area contributed by atoms with Gasteiger partial charge in [0.15, 0.2) is 5.13 Å². The quantitative estimate of drug-likeness (QED) is 0.665. The summed E-state index contributed by atoms with van der Waals surface area (Å²) in [5.41, 5.74) is 1.38. The average molecular weight is 469 g/mol. The highest BCUT2D eigenvalue weighted by atomic mass is 35.5. The third-order valence-electron chi connectivity index (χ3n) is 5.35. The van der Waals surface area contributed by atoms with Gasteiger partial charge in [0, 0.05) is 41.5 Å². The highest BCUT2D eigenvalue weighted by Crippen LogP contribution is 2.47. The minimum Gasteiger partial charge on any atom is -0.453 e. The van der Waals surface area contributed by atoms with Crippen LogP contribution in [0.25, 0.3) is 0 Å². The van der Waals surface area contributed by atoms with E-state index >= 15 is 0 Å². The Morgan fingerprint density at radius 2 is 2.27 bits per heavy atom. The largest absolute Gasteiger partial charge is 0.453 e. The van der Waals surface area contributed by atoms with E-state index in [0.29, 0.717) is 35.5 Å². The molecule has 0 bridgehead atoms. The summed E-state index contributed by atoms with van der Waals surface area (Å²) in [5, 5.41) is 12.9. The van der Waals surface area contributed by atoms with Crippen molar-refractivity contribution in [2.45, 2.75) is 16.0 Å². The first-order valence-corrected chi connectivity index (χ1v) is 11.5. The van der Waals surface area contributed by atoms with Gasteiger partial charge in [0.1, 0.15) is 0 Å². The molecule has 3 amide bonds. The highest BCUT2D eigenvalue weighted by Gasteiger charge is 2.50. The highest BCUT2D eigenvalue weighted by molar-refractivity contribution is 8.01. The van der Waals surface area contributed by atoms with Gasteiger partial charge in [-0.1, -0.05) is 22.9 Å². The number of aliphatic hydroxyl groups excluding tert-OH is 1. The Hall–Kier alpha value is -2.01. The summed E-state index contributed by atoms with van der Waals surface area (Å²) in [5.74, 6) is 0.578. The smallest absolute Gasteiger partial charge is 0.409 e. The number of nitrogens with one attached hydrogen (secondary N) is 1. The van der Waals surface area contributed by atoms with E-state index in [9.17, 15) is 9.59 Å². The van der Waals surface area contributed by atoms with E-state index in [1.165, 1.54) is 30.2 Å². The van der Waals surface area contributed by atoms with Crippen LogP contribution in [0.2, 0.25) is 5.02 Å². The molecule has 30 heavy (non-hydrogen) atoms. The van der Waals surface area contributed by atoms with E-state index in [4.69, 9.17) is 21.4 Å². The van der Waals surface area contributed by atoms with Crippen molar-refractivity contribution in [2.75, 3.05) is 49.3 Å². The fourth-order valence-corrected chi connectivity index (χ4v) is 5.87. The number of aromatic nitrogens is 1. The van der Waals surface area contributed by atoms with Crippen LogP contribution in [0.1, 0.15) is 12.0 Å². The number of fused-ring (bicyclic) bond motifs is 2. The topological polar surface area (TPSA) is 95.0 Å². The van der Waals surface area contributed by atoms with Gasteiger partial charge in [-0.2, -0.15) is 0 Å². The van der Waals surface area contributed by atoms with Crippen LogP contribution in [0.15, 0.2) is 28.6 Å². The number of carbonyl (C=O) groups excluding carboxylic acids is 2. The summed E-state index contributed by atoms with van der Waals surface area (Å²) in [6.07, 6.45) is 2.04. The molecule has 2 aromatic rings. The molecule has 11 heteroatoms. The number of urea groups is 1. The van der Waals surface area contributed by atoms with Gasteiger partial charge in [0.05, 0.1) is 24.1 Å². The average Bonchev–Trinajstić information content (AvgIpc) is 3.45. The first-order valence-electron chi connectivity index (χ1n) is 9.37. The van der Waals surface area contributed by atoms with Crippen LogP contribution in [0.3, 0.4) is 0 Å². The van der Waals surface area contributed by atoms with Crippen LogP contribution in [0.4, 0.5) is 20.4 Å². The number of thiazole rings is 1.